The number of nitrogens with zero attached hydrogens (tertiary/aromatic N) is 2. The van der Waals surface area contributed by atoms with Crippen LogP contribution in [-0.4, -0.2) is 27.8 Å². The van der Waals surface area contributed by atoms with Gasteiger partial charge in [0.15, 0.2) is 0 Å². The number of hydrogen-bond donors (Lipinski definition) is 2. The third-order valence-electron chi connectivity index (χ3n) is 2.70. The molecule has 1 heterocycles. The third-order valence-corrected chi connectivity index (χ3v) is 2.70. The minimum Gasteiger partial charge on any atom is -0.465 e. The normalized spacial score (nSPS) is 12.1. The number of aromatic nitrogens is 3. The SMILES string of the molecule is CCOC(=O)C(Cc1ccccc1)c1nc(N)n[nH]1. The highest BCUT2D eigenvalue weighted by Gasteiger charge is 2.25. The van der Waals surface area contributed by atoms with Gasteiger partial charge in [0.1, 0.15) is 11.7 Å². The smallest absolute Gasteiger partial charge is 0.317 e. The summed E-state index contributed by atoms with van der Waals surface area (Å²) in [6, 6.07) is 9.67. The van der Waals surface area contributed by atoms with Crippen LogP contribution in [0.15, 0.2) is 30.3 Å². The Hall–Kier alpha value is -2.37. The first kappa shape index (κ1) is 13.1. The molecule has 0 aliphatic carbocycles. The molecule has 0 amide bonds. The number of rotatable bonds is 5. The van der Waals surface area contributed by atoms with Crippen molar-refractivity contribution in [2.45, 2.75) is 19.3 Å². The second-order valence-electron chi connectivity index (χ2n) is 4.07. The van der Waals surface area contributed by atoms with E-state index in [1.165, 1.54) is 0 Å². The van der Waals surface area contributed by atoms with Crippen LogP contribution in [0.5, 0.6) is 0 Å². The average molecular weight is 260 g/mol. The van der Waals surface area contributed by atoms with Crippen molar-refractivity contribution in [3.05, 3.63) is 41.7 Å². The molecule has 1 atom stereocenters. The molecule has 1 aromatic carbocycles. The monoisotopic (exact) mass is 260 g/mol. The largest absolute Gasteiger partial charge is 0.465 e. The van der Waals surface area contributed by atoms with Gasteiger partial charge in [0.05, 0.1) is 6.61 Å². The number of benzene rings is 1. The minimum atomic E-state index is -0.521. The topological polar surface area (TPSA) is 93.9 Å². The number of H-pyrrole nitrogens is 1. The van der Waals surface area contributed by atoms with Crippen LogP contribution in [0.2, 0.25) is 0 Å². The van der Waals surface area contributed by atoms with Gasteiger partial charge in [0, 0.05) is 0 Å². The van der Waals surface area contributed by atoms with E-state index in [-0.39, 0.29) is 11.9 Å². The lowest BCUT2D eigenvalue weighted by molar-refractivity contribution is -0.145. The first-order valence-corrected chi connectivity index (χ1v) is 6.09. The molecule has 0 saturated carbocycles. The molecule has 2 rings (SSSR count). The van der Waals surface area contributed by atoms with E-state index in [1.807, 2.05) is 30.3 Å². The van der Waals surface area contributed by atoms with Gasteiger partial charge in [0.2, 0.25) is 5.95 Å². The fraction of sp³-hybridized carbons (Fsp3) is 0.308. The Morgan fingerprint density at radius 1 is 1.42 bits per heavy atom. The van der Waals surface area contributed by atoms with Gasteiger partial charge in [-0.1, -0.05) is 30.3 Å². The minimum absolute atomic E-state index is 0.123. The zero-order valence-corrected chi connectivity index (χ0v) is 10.7. The van der Waals surface area contributed by atoms with Crippen molar-refractivity contribution in [2.75, 3.05) is 12.3 Å². The Morgan fingerprint density at radius 2 is 2.16 bits per heavy atom. The van der Waals surface area contributed by atoms with Crippen LogP contribution in [0.3, 0.4) is 0 Å². The Balaban J connectivity index is 2.22. The number of nitrogens with one attached hydrogen (secondary N) is 1. The molecule has 19 heavy (non-hydrogen) atoms. The molecule has 2 aromatic rings. The molecule has 0 saturated heterocycles. The lowest BCUT2D eigenvalue weighted by atomic mass is 9.99. The summed E-state index contributed by atoms with van der Waals surface area (Å²) >= 11 is 0. The van der Waals surface area contributed by atoms with E-state index < -0.39 is 5.92 Å². The molecule has 0 aliphatic rings. The predicted molar refractivity (Wildman–Crippen MR) is 70.3 cm³/mol. The van der Waals surface area contributed by atoms with Gasteiger partial charge in [0.25, 0.3) is 0 Å². The zero-order chi connectivity index (χ0) is 13.7. The van der Waals surface area contributed by atoms with Gasteiger partial charge in [-0.3, -0.25) is 9.89 Å². The van der Waals surface area contributed by atoms with Crippen molar-refractivity contribution < 1.29 is 9.53 Å². The second-order valence-corrected chi connectivity index (χ2v) is 4.07. The summed E-state index contributed by atoms with van der Waals surface area (Å²) in [6.07, 6.45) is 0.494. The zero-order valence-electron chi connectivity index (χ0n) is 10.7. The first-order chi connectivity index (χ1) is 9.20. The molecule has 0 aliphatic heterocycles. The molecule has 0 spiro atoms. The molecule has 6 heteroatoms. The van der Waals surface area contributed by atoms with Crippen molar-refractivity contribution in [2.24, 2.45) is 0 Å². The fourth-order valence-corrected chi connectivity index (χ4v) is 1.83. The second kappa shape index (κ2) is 5.99. The van der Waals surface area contributed by atoms with Crippen molar-refractivity contribution in [3.8, 4) is 0 Å². The number of nitrogen functional groups attached to an aromatic ring is 1. The molecule has 100 valence electrons. The maximum absolute atomic E-state index is 12.0. The number of ether oxygens (including phenoxy) is 1. The molecular weight excluding hydrogens is 244 g/mol. The van der Waals surface area contributed by atoms with Gasteiger partial charge >= 0.3 is 5.97 Å². The van der Waals surface area contributed by atoms with Crippen LogP contribution in [-0.2, 0) is 16.0 Å². The molecule has 0 bridgehead atoms. The quantitative estimate of drug-likeness (QED) is 0.790. The van der Waals surface area contributed by atoms with Crippen molar-refractivity contribution in [1.82, 2.24) is 15.2 Å². The van der Waals surface area contributed by atoms with E-state index >= 15 is 0 Å². The van der Waals surface area contributed by atoms with Crippen LogP contribution in [0.4, 0.5) is 5.95 Å². The van der Waals surface area contributed by atoms with E-state index in [1.54, 1.807) is 6.92 Å². The maximum Gasteiger partial charge on any atom is 0.317 e. The highest BCUT2D eigenvalue weighted by atomic mass is 16.5. The maximum atomic E-state index is 12.0. The summed E-state index contributed by atoms with van der Waals surface area (Å²) < 4.78 is 5.07. The lowest BCUT2D eigenvalue weighted by Gasteiger charge is -2.12. The van der Waals surface area contributed by atoms with Crippen LogP contribution in [0, 0.1) is 0 Å². The van der Waals surface area contributed by atoms with E-state index in [0.29, 0.717) is 18.9 Å². The summed E-state index contributed by atoms with van der Waals surface area (Å²) in [5, 5.41) is 6.43. The summed E-state index contributed by atoms with van der Waals surface area (Å²) in [7, 11) is 0. The summed E-state index contributed by atoms with van der Waals surface area (Å²) in [6.45, 7) is 2.10. The van der Waals surface area contributed by atoms with Gasteiger partial charge in [-0.2, -0.15) is 4.98 Å². The first-order valence-electron chi connectivity index (χ1n) is 6.09. The van der Waals surface area contributed by atoms with Crippen LogP contribution in [0.1, 0.15) is 24.2 Å². The van der Waals surface area contributed by atoms with E-state index in [0.717, 1.165) is 5.56 Å². The molecule has 0 fully saturated rings. The molecular formula is C13H16N4O2. The number of nitrogens with two attached hydrogens (primary N) is 1. The highest BCUT2D eigenvalue weighted by molar-refractivity contribution is 5.77. The van der Waals surface area contributed by atoms with E-state index in [2.05, 4.69) is 15.2 Å². The van der Waals surface area contributed by atoms with E-state index in [4.69, 9.17) is 10.5 Å². The van der Waals surface area contributed by atoms with Crippen LogP contribution < -0.4 is 5.73 Å². The van der Waals surface area contributed by atoms with E-state index in [9.17, 15) is 4.79 Å². The van der Waals surface area contributed by atoms with Gasteiger partial charge < -0.3 is 10.5 Å². The Bertz CT molecular complexity index is 539. The number of esters is 1. The highest BCUT2D eigenvalue weighted by Crippen LogP contribution is 2.20. The number of carbonyl (C=O) groups excluding carboxylic acids is 1. The predicted octanol–water partition coefficient (Wildman–Crippen LogP) is 1.28. The van der Waals surface area contributed by atoms with Crippen molar-refractivity contribution in [1.29, 1.82) is 0 Å². The number of aromatic amines is 1. The molecule has 0 radical (unpaired) electrons. The van der Waals surface area contributed by atoms with Gasteiger partial charge in [-0.25, -0.2) is 0 Å². The number of anilines is 1. The Labute approximate surface area is 111 Å². The van der Waals surface area contributed by atoms with Crippen molar-refractivity contribution in [3.63, 3.8) is 0 Å². The van der Waals surface area contributed by atoms with Gasteiger partial charge in [-0.05, 0) is 18.9 Å². The molecule has 1 unspecified atom stereocenters. The third kappa shape index (κ3) is 3.31. The lowest BCUT2D eigenvalue weighted by Crippen LogP contribution is -2.19. The van der Waals surface area contributed by atoms with Crippen molar-refractivity contribution >= 4 is 11.9 Å². The van der Waals surface area contributed by atoms with Crippen LogP contribution in [0.25, 0.3) is 0 Å². The molecule has 1 aromatic heterocycles. The Morgan fingerprint density at radius 3 is 2.74 bits per heavy atom. The van der Waals surface area contributed by atoms with Gasteiger partial charge in [-0.15, -0.1) is 5.10 Å². The fourth-order valence-electron chi connectivity index (χ4n) is 1.83. The number of carbonyl (C=O) groups is 1. The summed E-state index contributed by atoms with van der Waals surface area (Å²) in [5.74, 6) is -0.299. The summed E-state index contributed by atoms with van der Waals surface area (Å²) in [4.78, 5) is 16.0. The molecule has 3 N–H and O–H groups in total. The number of hydrogen-bond acceptors (Lipinski definition) is 5. The van der Waals surface area contributed by atoms with Crippen LogP contribution >= 0.6 is 0 Å². The summed E-state index contributed by atoms with van der Waals surface area (Å²) in [5.41, 5.74) is 6.50. The molecule has 6 nitrogen and oxygen atoms in total. The average Bonchev–Trinajstić information content (AvgIpc) is 2.84. The standard InChI is InChI=1S/C13H16N4O2/c1-2-19-12(18)10(11-15-13(14)17-16-11)8-9-6-4-3-5-7-9/h3-7,10H,2,8H2,1H3,(H3,14,15,16,17). The Kier molecular flexibility index (Phi) is 4.12.